The highest BCUT2D eigenvalue weighted by Crippen LogP contribution is 2.30. The van der Waals surface area contributed by atoms with Gasteiger partial charge in [0.2, 0.25) is 5.91 Å². The second kappa shape index (κ2) is 10.4. The average molecular weight is 472 g/mol. The summed E-state index contributed by atoms with van der Waals surface area (Å²) < 4.78 is 5.93. The van der Waals surface area contributed by atoms with Gasteiger partial charge in [-0.15, -0.1) is 0 Å². The van der Waals surface area contributed by atoms with Crippen LogP contribution in [-0.2, 0) is 4.79 Å². The van der Waals surface area contributed by atoms with Gasteiger partial charge in [-0.1, -0.05) is 35.9 Å². The molecule has 1 unspecified atom stereocenters. The van der Waals surface area contributed by atoms with Crippen LogP contribution < -0.4 is 5.32 Å². The van der Waals surface area contributed by atoms with E-state index in [9.17, 15) is 9.59 Å². The Morgan fingerprint density at radius 2 is 1.91 bits per heavy atom. The predicted octanol–water partition coefficient (Wildman–Crippen LogP) is 4.74. The fourth-order valence-corrected chi connectivity index (χ4v) is 4.70. The van der Waals surface area contributed by atoms with E-state index in [0.29, 0.717) is 30.1 Å². The van der Waals surface area contributed by atoms with Gasteiger partial charge in [0.15, 0.2) is 11.5 Å². The molecule has 0 aliphatic carbocycles. The normalized spacial score (nSPS) is 15.6. The first-order valence-electron chi connectivity index (χ1n) is 10.8. The fourth-order valence-electron chi connectivity index (χ4n) is 4.01. The van der Waals surface area contributed by atoms with E-state index in [2.05, 4.69) is 10.3 Å². The maximum Gasteiger partial charge on any atom is 0.253 e. The van der Waals surface area contributed by atoms with Gasteiger partial charge in [-0.05, 0) is 55.5 Å². The molecular formula is C24H26ClN3O3S. The van der Waals surface area contributed by atoms with Gasteiger partial charge >= 0.3 is 0 Å². The summed E-state index contributed by atoms with van der Waals surface area (Å²) in [7, 11) is 0. The Bertz CT molecular complexity index is 1060. The number of amides is 2. The Balaban J connectivity index is 1.40. The second-order valence-electron chi connectivity index (χ2n) is 7.91. The van der Waals surface area contributed by atoms with E-state index < -0.39 is 6.04 Å². The number of piperidine rings is 1. The smallest absolute Gasteiger partial charge is 0.253 e. The number of benzene rings is 2. The van der Waals surface area contributed by atoms with Crippen molar-refractivity contribution >= 4 is 46.3 Å². The minimum absolute atomic E-state index is 0.0459. The maximum atomic E-state index is 13.3. The number of rotatable bonds is 7. The van der Waals surface area contributed by atoms with E-state index in [-0.39, 0.29) is 17.7 Å². The summed E-state index contributed by atoms with van der Waals surface area (Å²) in [5.74, 6) is 1.34. The molecule has 6 nitrogen and oxygen atoms in total. The van der Waals surface area contributed by atoms with Crippen LogP contribution in [-0.4, -0.2) is 52.8 Å². The molecule has 1 aromatic heterocycles. The molecule has 1 fully saturated rings. The Morgan fingerprint density at radius 1 is 1.19 bits per heavy atom. The van der Waals surface area contributed by atoms with Crippen molar-refractivity contribution in [3.05, 3.63) is 65.0 Å². The Kier molecular flexibility index (Phi) is 7.37. The number of oxazole rings is 1. The predicted molar refractivity (Wildman–Crippen MR) is 128 cm³/mol. The van der Waals surface area contributed by atoms with E-state index in [0.717, 1.165) is 35.6 Å². The first kappa shape index (κ1) is 22.7. The molecule has 168 valence electrons. The van der Waals surface area contributed by atoms with Gasteiger partial charge < -0.3 is 14.6 Å². The first-order chi connectivity index (χ1) is 15.6. The summed E-state index contributed by atoms with van der Waals surface area (Å²) in [5, 5.41) is 3.28. The van der Waals surface area contributed by atoms with Crippen LogP contribution in [0.15, 0.2) is 52.9 Å². The number of nitrogens with one attached hydrogen (secondary N) is 1. The molecule has 8 heteroatoms. The Hall–Kier alpha value is -2.51. The quantitative estimate of drug-likeness (QED) is 0.538. The third-order valence-corrected chi connectivity index (χ3v) is 6.77. The average Bonchev–Trinajstić information content (AvgIpc) is 3.26. The topological polar surface area (TPSA) is 75.4 Å². The van der Waals surface area contributed by atoms with Gasteiger partial charge in [0.1, 0.15) is 11.6 Å². The van der Waals surface area contributed by atoms with Gasteiger partial charge in [-0.2, -0.15) is 11.8 Å². The van der Waals surface area contributed by atoms with Gasteiger partial charge in [-0.3, -0.25) is 9.59 Å². The molecule has 1 aliphatic rings. The number of likely N-dealkylation sites (tertiary alicyclic amines) is 1. The molecule has 3 aromatic rings. The van der Waals surface area contributed by atoms with E-state index in [4.69, 9.17) is 16.0 Å². The van der Waals surface area contributed by atoms with E-state index in [1.807, 2.05) is 35.4 Å². The lowest BCUT2D eigenvalue weighted by Crippen LogP contribution is -2.50. The lowest BCUT2D eigenvalue weighted by molar-refractivity contribution is -0.134. The lowest BCUT2D eigenvalue weighted by atomic mass is 9.96. The van der Waals surface area contributed by atoms with E-state index in [1.54, 1.807) is 36.0 Å². The zero-order valence-corrected chi connectivity index (χ0v) is 19.5. The zero-order chi connectivity index (χ0) is 22.5. The number of hydrogen-bond acceptors (Lipinski definition) is 5. The molecule has 0 bridgehead atoms. The molecule has 1 atom stereocenters. The van der Waals surface area contributed by atoms with Crippen LogP contribution in [0.25, 0.3) is 11.1 Å². The first-order valence-corrected chi connectivity index (χ1v) is 12.5. The van der Waals surface area contributed by atoms with Crippen molar-refractivity contribution in [1.82, 2.24) is 15.2 Å². The van der Waals surface area contributed by atoms with Crippen LogP contribution in [0.5, 0.6) is 0 Å². The van der Waals surface area contributed by atoms with Crippen molar-refractivity contribution < 1.29 is 14.0 Å². The summed E-state index contributed by atoms with van der Waals surface area (Å²) in [6, 6.07) is 14.0. The highest BCUT2D eigenvalue weighted by atomic mass is 35.5. The Labute approximate surface area is 196 Å². The number of hydrogen-bond donors (Lipinski definition) is 1. The second-order valence-corrected chi connectivity index (χ2v) is 9.30. The highest BCUT2D eigenvalue weighted by molar-refractivity contribution is 7.98. The number of fused-ring (bicyclic) bond motifs is 1. The van der Waals surface area contributed by atoms with Crippen molar-refractivity contribution in [3.63, 3.8) is 0 Å². The molecule has 1 aliphatic heterocycles. The largest absolute Gasteiger partial charge is 0.440 e. The summed E-state index contributed by atoms with van der Waals surface area (Å²) in [6.07, 6.45) is 4.13. The summed E-state index contributed by atoms with van der Waals surface area (Å²) >= 11 is 7.81. The van der Waals surface area contributed by atoms with Crippen molar-refractivity contribution in [2.24, 2.45) is 0 Å². The third-order valence-electron chi connectivity index (χ3n) is 5.80. The van der Waals surface area contributed by atoms with Crippen LogP contribution >= 0.6 is 23.4 Å². The van der Waals surface area contributed by atoms with Crippen molar-refractivity contribution in [2.75, 3.05) is 25.1 Å². The van der Waals surface area contributed by atoms with Gasteiger partial charge in [0, 0.05) is 19.0 Å². The zero-order valence-electron chi connectivity index (χ0n) is 17.9. The molecule has 4 rings (SSSR count). The van der Waals surface area contributed by atoms with Crippen LogP contribution in [0.3, 0.4) is 0 Å². The van der Waals surface area contributed by atoms with Crippen LogP contribution in [0.4, 0.5) is 0 Å². The molecule has 1 N–H and O–H groups in total. The summed E-state index contributed by atoms with van der Waals surface area (Å²) in [4.78, 5) is 32.5. The summed E-state index contributed by atoms with van der Waals surface area (Å²) in [5.41, 5.74) is 2.03. The van der Waals surface area contributed by atoms with Crippen molar-refractivity contribution in [2.45, 2.75) is 31.2 Å². The van der Waals surface area contributed by atoms with E-state index >= 15 is 0 Å². The molecular weight excluding hydrogens is 446 g/mol. The van der Waals surface area contributed by atoms with Crippen molar-refractivity contribution in [1.29, 1.82) is 0 Å². The number of aromatic nitrogens is 1. The number of thioether (sulfide) groups is 1. The SMILES string of the molecule is CSCCC(NC(=O)c1ccccc1Cl)C(=O)N1CCC(c2nc3ccccc3o2)CC1. The van der Waals surface area contributed by atoms with Gasteiger partial charge in [0.25, 0.3) is 5.91 Å². The molecule has 0 radical (unpaired) electrons. The minimum Gasteiger partial charge on any atom is -0.440 e. The van der Waals surface area contributed by atoms with Crippen LogP contribution in [0.1, 0.15) is 41.4 Å². The van der Waals surface area contributed by atoms with Crippen molar-refractivity contribution in [3.8, 4) is 0 Å². The molecule has 2 amide bonds. The maximum absolute atomic E-state index is 13.3. The number of carbonyl (C=O) groups excluding carboxylic acids is 2. The van der Waals surface area contributed by atoms with Gasteiger partial charge in [-0.25, -0.2) is 4.98 Å². The third kappa shape index (κ3) is 5.10. The molecule has 0 spiro atoms. The number of halogens is 1. The van der Waals surface area contributed by atoms with E-state index in [1.165, 1.54) is 0 Å². The highest BCUT2D eigenvalue weighted by Gasteiger charge is 2.31. The number of para-hydroxylation sites is 2. The van der Waals surface area contributed by atoms with Gasteiger partial charge in [0.05, 0.1) is 10.6 Å². The number of nitrogens with zero attached hydrogens (tertiary/aromatic N) is 2. The van der Waals surface area contributed by atoms with Crippen LogP contribution in [0, 0.1) is 0 Å². The lowest BCUT2D eigenvalue weighted by Gasteiger charge is -2.33. The molecule has 32 heavy (non-hydrogen) atoms. The molecule has 0 saturated carbocycles. The molecule has 2 heterocycles. The monoisotopic (exact) mass is 471 g/mol. The van der Waals surface area contributed by atoms with Crippen LogP contribution in [0.2, 0.25) is 5.02 Å². The Morgan fingerprint density at radius 3 is 2.62 bits per heavy atom. The molecule has 1 saturated heterocycles. The summed E-state index contributed by atoms with van der Waals surface area (Å²) in [6.45, 7) is 1.22. The minimum atomic E-state index is -0.577. The number of carbonyl (C=O) groups is 2. The fraction of sp³-hybridized carbons (Fsp3) is 0.375. The standard InChI is InChI=1S/C24H26ClN3O3S/c1-32-15-12-20(26-22(29)17-6-2-3-7-18(17)25)24(30)28-13-10-16(11-14-28)23-27-19-8-4-5-9-21(19)31-23/h2-9,16,20H,10-15H2,1H3,(H,26,29). The molecule has 2 aromatic carbocycles.